The number of aromatic nitrogens is 4. The Morgan fingerprint density at radius 3 is 2.56 bits per heavy atom. The first kappa shape index (κ1) is 26.4. The van der Waals surface area contributed by atoms with Gasteiger partial charge < -0.3 is 20.1 Å². The third-order valence-corrected chi connectivity index (χ3v) is 6.94. The van der Waals surface area contributed by atoms with Crippen LogP contribution in [0.15, 0.2) is 76.4 Å². The zero-order chi connectivity index (χ0) is 27.5. The zero-order valence-corrected chi connectivity index (χ0v) is 23.7. The van der Waals surface area contributed by atoms with E-state index in [1.54, 1.807) is 4.68 Å². The average Bonchev–Trinajstić information content (AvgIpc) is 3.35. The number of nitrogens with zero attached hydrogens (tertiary/aromatic N) is 4. The second kappa shape index (κ2) is 11.3. The fraction of sp³-hybridized carbons (Fsp3) is 0.241. The Balaban J connectivity index is 1.53. The summed E-state index contributed by atoms with van der Waals surface area (Å²) in [6.45, 7) is 8.61. The van der Waals surface area contributed by atoms with E-state index in [4.69, 9.17) is 9.47 Å². The van der Waals surface area contributed by atoms with Gasteiger partial charge >= 0.3 is 0 Å². The third-order valence-electron chi connectivity index (χ3n) is 6.35. The molecule has 0 bridgehead atoms. The Morgan fingerprint density at radius 2 is 1.82 bits per heavy atom. The molecular formula is C29H29BrN6O3. The Kier molecular flexibility index (Phi) is 7.65. The predicted molar refractivity (Wildman–Crippen MR) is 153 cm³/mol. The van der Waals surface area contributed by atoms with Gasteiger partial charge in [-0.2, -0.15) is 4.68 Å². The summed E-state index contributed by atoms with van der Waals surface area (Å²) in [6, 6.07) is 19.0. The summed E-state index contributed by atoms with van der Waals surface area (Å²) in [5.41, 5.74) is 5.87. The first-order chi connectivity index (χ1) is 18.8. The van der Waals surface area contributed by atoms with Crippen molar-refractivity contribution in [1.29, 1.82) is 0 Å². The number of hydrogen-bond donors (Lipinski definition) is 2. The smallest absolute Gasteiger partial charge is 0.255 e. The van der Waals surface area contributed by atoms with Gasteiger partial charge in [-0.15, -0.1) is 0 Å². The van der Waals surface area contributed by atoms with E-state index in [0.717, 1.165) is 22.3 Å². The summed E-state index contributed by atoms with van der Waals surface area (Å²) in [7, 11) is 0. The maximum Gasteiger partial charge on any atom is 0.255 e. The van der Waals surface area contributed by atoms with Crippen LogP contribution in [0.25, 0.3) is 0 Å². The van der Waals surface area contributed by atoms with Crippen LogP contribution < -0.4 is 20.1 Å². The number of hydrogen-bond acceptors (Lipinski definition) is 7. The second-order valence-electron chi connectivity index (χ2n) is 9.38. The molecule has 4 aromatic rings. The molecule has 2 heterocycles. The number of nitrogens with one attached hydrogen (secondary N) is 2. The monoisotopic (exact) mass is 588 g/mol. The van der Waals surface area contributed by atoms with Gasteiger partial charge in [0.2, 0.25) is 5.95 Å². The Morgan fingerprint density at radius 1 is 1.05 bits per heavy atom. The number of carbonyl (C=O) groups excluding carboxylic acids is 1. The molecule has 1 aliphatic heterocycles. The van der Waals surface area contributed by atoms with E-state index >= 15 is 0 Å². The number of allylic oxidation sites excluding steroid dienone is 1. The van der Waals surface area contributed by atoms with E-state index in [-0.39, 0.29) is 5.91 Å². The van der Waals surface area contributed by atoms with Gasteiger partial charge in [0.1, 0.15) is 12.6 Å². The maximum atomic E-state index is 13.7. The number of rotatable bonds is 8. The molecule has 200 valence electrons. The van der Waals surface area contributed by atoms with Gasteiger partial charge in [-0.05, 0) is 95.0 Å². The second-order valence-corrected chi connectivity index (χ2v) is 10.2. The number of aryl methyl sites for hydroxylation is 2. The van der Waals surface area contributed by atoms with E-state index in [9.17, 15) is 4.79 Å². The van der Waals surface area contributed by atoms with Crippen molar-refractivity contribution in [1.82, 2.24) is 20.2 Å². The van der Waals surface area contributed by atoms with E-state index in [2.05, 4.69) is 48.2 Å². The number of fused-ring (bicyclic) bond motifs is 1. The van der Waals surface area contributed by atoms with Crippen LogP contribution >= 0.6 is 15.9 Å². The molecule has 1 amide bonds. The third kappa shape index (κ3) is 5.65. The summed E-state index contributed by atoms with van der Waals surface area (Å²) in [5, 5.41) is 18.3. The molecule has 3 aromatic carbocycles. The minimum absolute atomic E-state index is 0.259. The largest absolute Gasteiger partial charge is 0.490 e. The van der Waals surface area contributed by atoms with Gasteiger partial charge in [0.25, 0.3) is 5.91 Å². The van der Waals surface area contributed by atoms with E-state index in [1.165, 1.54) is 0 Å². The SMILES string of the molecule is CCOc1cc(C2C(C(=O)Nc3cccc(C)c3)=C(C)Nc3nnnn32)cc(Br)c1OCc1cccc(C)c1. The maximum absolute atomic E-state index is 13.7. The van der Waals surface area contributed by atoms with Crippen LogP contribution in [-0.2, 0) is 11.4 Å². The van der Waals surface area contributed by atoms with Crippen molar-refractivity contribution >= 4 is 33.5 Å². The first-order valence-corrected chi connectivity index (χ1v) is 13.4. The molecule has 1 atom stereocenters. The molecule has 0 saturated heterocycles. The minimum atomic E-state index is -0.609. The highest BCUT2D eigenvalue weighted by molar-refractivity contribution is 9.10. The summed E-state index contributed by atoms with van der Waals surface area (Å²) >= 11 is 3.69. The van der Waals surface area contributed by atoms with Crippen LogP contribution in [0.5, 0.6) is 11.5 Å². The number of carbonyl (C=O) groups is 1. The van der Waals surface area contributed by atoms with E-state index in [0.29, 0.717) is 52.1 Å². The van der Waals surface area contributed by atoms with Gasteiger partial charge in [0.05, 0.1) is 16.7 Å². The highest BCUT2D eigenvalue weighted by atomic mass is 79.9. The zero-order valence-electron chi connectivity index (χ0n) is 22.2. The molecule has 1 aromatic heterocycles. The topological polar surface area (TPSA) is 103 Å². The molecule has 2 N–H and O–H groups in total. The van der Waals surface area contributed by atoms with Gasteiger partial charge in [0, 0.05) is 11.4 Å². The van der Waals surface area contributed by atoms with Gasteiger partial charge in [-0.3, -0.25) is 4.79 Å². The normalized spacial score (nSPS) is 14.4. The number of anilines is 2. The predicted octanol–water partition coefficient (Wildman–Crippen LogP) is 5.96. The number of ether oxygens (including phenoxy) is 2. The minimum Gasteiger partial charge on any atom is -0.490 e. The van der Waals surface area contributed by atoms with Crippen molar-refractivity contribution in [3.8, 4) is 11.5 Å². The fourth-order valence-corrected chi connectivity index (χ4v) is 5.22. The van der Waals surface area contributed by atoms with Crippen LogP contribution in [0.3, 0.4) is 0 Å². The standard InChI is InChI=1S/C29H29BrN6O3/c1-5-38-24-15-21(14-23(30)27(24)39-16-20-10-6-8-17(2)12-20)26-25(19(4)31-29-33-34-35-36(26)29)28(37)32-22-11-7-9-18(3)13-22/h6-15,26H,5,16H2,1-4H3,(H,32,37)(H,31,33,35). The average molecular weight is 589 g/mol. The van der Waals surface area contributed by atoms with Crippen molar-refractivity contribution in [3.05, 3.63) is 98.7 Å². The summed E-state index contributed by atoms with van der Waals surface area (Å²) < 4.78 is 14.5. The molecule has 0 radical (unpaired) electrons. The molecule has 0 aliphatic carbocycles. The molecule has 39 heavy (non-hydrogen) atoms. The Labute approximate surface area is 235 Å². The number of benzene rings is 3. The Hall–Kier alpha value is -4.18. The molecule has 0 spiro atoms. The highest BCUT2D eigenvalue weighted by Crippen LogP contribution is 2.43. The van der Waals surface area contributed by atoms with Crippen molar-refractivity contribution in [3.63, 3.8) is 0 Å². The summed E-state index contributed by atoms with van der Waals surface area (Å²) in [4.78, 5) is 13.7. The quantitative estimate of drug-likeness (QED) is 0.262. The van der Waals surface area contributed by atoms with E-state index < -0.39 is 6.04 Å². The molecule has 9 nitrogen and oxygen atoms in total. The lowest BCUT2D eigenvalue weighted by molar-refractivity contribution is -0.113. The van der Waals surface area contributed by atoms with E-state index in [1.807, 2.05) is 82.3 Å². The van der Waals surface area contributed by atoms with Crippen LogP contribution in [-0.4, -0.2) is 32.7 Å². The summed E-state index contributed by atoms with van der Waals surface area (Å²) in [5.74, 6) is 1.32. The molecule has 0 fully saturated rings. The lowest BCUT2D eigenvalue weighted by Gasteiger charge is -2.28. The van der Waals surface area contributed by atoms with Crippen LogP contribution in [0, 0.1) is 13.8 Å². The van der Waals surface area contributed by atoms with Crippen molar-refractivity contribution in [2.24, 2.45) is 0 Å². The lowest BCUT2D eigenvalue weighted by atomic mass is 9.94. The van der Waals surface area contributed by atoms with Crippen LogP contribution in [0.4, 0.5) is 11.6 Å². The van der Waals surface area contributed by atoms with Crippen molar-refractivity contribution in [2.75, 3.05) is 17.2 Å². The lowest BCUT2D eigenvalue weighted by Crippen LogP contribution is -2.31. The molecule has 5 rings (SSSR count). The van der Waals surface area contributed by atoms with Gasteiger partial charge in [-0.1, -0.05) is 47.1 Å². The van der Waals surface area contributed by atoms with Gasteiger partial charge in [0.15, 0.2) is 11.5 Å². The van der Waals surface area contributed by atoms with Crippen molar-refractivity contribution < 1.29 is 14.3 Å². The Bertz CT molecular complexity index is 1560. The molecule has 0 saturated carbocycles. The first-order valence-electron chi connectivity index (χ1n) is 12.6. The molecule has 1 aliphatic rings. The number of amides is 1. The number of tetrazole rings is 1. The number of halogens is 1. The van der Waals surface area contributed by atoms with Crippen LogP contribution in [0.2, 0.25) is 0 Å². The van der Waals surface area contributed by atoms with Crippen LogP contribution in [0.1, 0.15) is 42.1 Å². The molecular weight excluding hydrogens is 560 g/mol. The van der Waals surface area contributed by atoms with Crippen molar-refractivity contribution in [2.45, 2.75) is 40.3 Å². The fourth-order valence-electron chi connectivity index (χ4n) is 4.64. The summed E-state index contributed by atoms with van der Waals surface area (Å²) in [6.07, 6.45) is 0. The van der Waals surface area contributed by atoms with Gasteiger partial charge in [-0.25, -0.2) is 0 Å². The molecule has 1 unspecified atom stereocenters. The molecule has 10 heteroatoms. The highest BCUT2D eigenvalue weighted by Gasteiger charge is 2.35.